The highest BCUT2D eigenvalue weighted by molar-refractivity contribution is 8.18. The van der Waals surface area contributed by atoms with E-state index in [2.05, 4.69) is 10.1 Å². The van der Waals surface area contributed by atoms with E-state index in [0.717, 1.165) is 12.3 Å². The summed E-state index contributed by atoms with van der Waals surface area (Å²) in [6.45, 7) is 3.85. The Morgan fingerprint density at radius 2 is 1.85 bits per heavy atom. The number of rotatable bonds is 4. The van der Waals surface area contributed by atoms with Gasteiger partial charge in [0.05, 0.1) is 16.4 Å². The molecule has 1 fully saturated rings. The van der Waals surface area contributed by atoms with Crippen LogP contribution in [0.1, 0.15) is 25.0 Å². The highest BCUT2D eigenvalue weighted by Gasteiger charge is 2.37. The van der Waals surface area contributed by atoms with E-state index in [9.17, 15) is 31.2 Å². The standard InChI is InChI=1S/C22H18F3NO6S2/c1-21(2)10-31-18-14(8-12(9-15(18)21)34(3,29)30)13-6-11(4-5-16(13)32-22(23,24)25)7-17-19(27)26-20(28)33-17/h4-9H,10H2,1-3H3,(H,26,27,28)/b17-7+. The summed E-state index contributed by atoms with van der Waals surface area (Å²) in [5, 5.41) is 1.53. The summed E-state index contributed by atoms with van der Waals surface area (Å²) < 4.78 is 74.3. The molecule has 0 radical (unpaired) electrons. The molecule has 2 aliphatic rings. The van der Waals surface area contributed by atoms with Gasteiger partial charge < -0.3 is 9.47 Å². The SMILES string of the molecule is CC1(C)COc2c(-c3cc(/C=C4/SC(=O)NC4=O)ccc3OC(F)(F)F)cc(S(C)(=O)=O)cc21. The molecule has 2 aliphatic heterocycles. The number of hydrogen-bond acceptors (Lipinski definition) is 7. The second-order valence-corrected chi connectivity index (χ2v) is 11.5. The minimum atomic E-state index is -5.01. The van der Waals surface area contributed by atoms with E-state index in [1.165, 1.54) is 30.3 Å². The average molecular weight is 514 g/mol. The molecule has 0 aliphatic carbocycles. The van der Waals surface area contributed by atoms with Crippen molar-refractivity contribution in [2.45, 2.75) is 30.5 Å². The molecule has 34 heavy (non-hydrogen) atoms. The van der Waals surface area contributed by atoms with Gasteiger partial charge >= 0.3 is 6.36 Å². The number of carbonyl (C=O) groups is 2. The predicted molar refractivity (Wildman–Crippen MR) is 119 cm³/mol. The van der Waals surface area contributed by atoms with Gasteiger partial charge in [0, 0.05) is 28.4 Å². The van der Waals surface area contributed by atoms with Gasteiger partial charge in [-0.1, -0.05) is 19.9 Å². The molecule has 0 atom stereocenters. The van der Waals surface area contributed by atoms with Crippen molar-refractivity contribution in [2.75, 3.05) is 12.9 Å². The molecule has 4 rings (SSSR count). The summed E-state index contributed by atoms with van der Waals surface area (Å²) >= 11 is 0.656. The number of alkyl halides is 3. The maximum absolute atomic E-state index is 13.2. The third-order valence-electron chi connectivity index (χ3n) is 5.26. The van der Waals surface area contributed by atoms with Crippen molar-refractivity contribution in [2.24, 2.45) is 0 Å². The predicted octanol–water partition coefficient (Wildman–Crippen LogP) is 4.65. The van der Waals surface area contributed by atoms with Gasteiger partial charge in [-0.15, -0.1) is 13.2 Å². The first-order chi connectivity index (χ1) is 15.6. The fourth-order valence-corrected chi connectivity index (χ4v) is 4.99. The first kappa shape index (κ1) is 24.1. The van der Waals surface area contributed by atoms with Gasteiger partial charge in [0.2, 0.25) is 0 Å². The van der Waals surface area contributed by atoms with E-state index in [1.807, 2.05) is 13.8 Å². The normalized spacial score (nSPS) is 18.6. The van der Waals surface area contributed by atoms with E-state index >= 15 is 0 Å². The van der Waals surface area contributed by atoms with Crippen molar-refractivity contribution in [3.8, 4) is 22.6 Å². The number of halogens is 3. The molecule has 2 amide bonds. The zero-order valence-electron chi connectivity index (χ0n) is 18.1. The van der Waals surface area contributed by atoms with E-state index in [4.69, 9.17) is 4.74 Å². The minimum absolute atomic E-state index is 0.0629. The lowest BCUT2D eigenvalue weighted by Gasteiger charge is -2.19. The van der Waals surface area contributed by atoms with Gasteiger partial charge in [-0.2, -0.15) is 0 Å². The largest absolute Gasteiger partial charge is 0.573 e. The average Bonchev–Trinajstić information content (AvgIpc) is 3.18. The van der Waals surface area contributed by atoms with Crippen LogP contribution in [0.5, 0.6) is 11.5 Å². The number of benzene rings is 2. The number of carbonyl (C=O) groups excluding carboxylic acids is 2. The topological polar surface area (TPSA) is 98.8 Å². The monoisotopic (exact) mass is 513 g/mol. The van der Waals surface area contributed by atoms with E-state index in [-0.39, 0.29) is 33.3 Å². The number of sulfone groups is 1. The van der Waals surface area contributed by atoms with Gasteiger partial charge in [-0.3, -0.25) is 14.9 Å². The van der Waals surface area contributed by atoms with Crippen molar-refractivity contribution >= 4 is 38.8 Å². The van der Waals surface area contributed by atoms with Crippen LogP contribution in [0.2, 0.25) is 0 Å². The van der Waals surface area contributed by atoms with Crippen molar-refractivity contribution in [3.63, 3.8) is 0 Å². The fraction of sp³-hybridized carbons (Fsp3) is 0.273. The minimum Gasteiger partial charge on any atom is -0.492 e. The zero-order valence-corrected chi connectivity index (χ0v) is 19.7. The molecule has 1 N–H and O–H groups in total. The van der Waals surface area contributed by atoms with Crippen molar-refractivity contribution in [3.05, 3.63) is 46.4 Å². The summed E-state index contributed by atoms with van der Waals surface area (Å²) in [6.07, 6.45) is -2.67. The molecule has 2 heterocycles. The Morgan fingerprint density at radius 1 is 1.15 bits per heavy atom. The van der Waals surface area contributed by atoms with E-state index in [1.54, 1.807) is 0 Å². The second-order valence-electron chi connectivity index (χ2n) is 8.45. The molecule has 180 valence electrons. The fourth-order valence-electron chi connectivity index (χ4n) is 3.64. The molecule has 2 aromatic carbocycles. The van der Waals surface area contributed by atoms with Crippen molar-refractivity contribution in [1.82, 2.24) is 5.32 Å². The zero-order chi connectivity index (χ0) is 25.1. The molecular weight excluding hydrogens is 495 g/mol. The number of thioether (sulfide) groups is 1. The molecule has 0 bridgehead atoms. The molecule has 0 saturated carbocycles. The lowest BCUT2D eigenvalue weighted by Crippen LogP contribution is -2.18. The van der Waals surface area contributed by atoms with Gasteiger partial charge in [-0.25, -0.2) is 8.42 Å². The number of nitrogens with one attached hydrogen (secondary N) is 1. The highest BCUT2D eigenvalue weighted by Crippen LogP contribution is 2.49. The van der Waals surface area contributed by atoms with Gasteiger partial charge in [0.15, 0.2) is 9.84 Å². The Bertz CT molecular complexity index is 1360. The van der Waals surface area contributed by atoms with Crippen LogP contribution in [0.4, 0.5) is 18.0 Å². The first-order valence-electron chi connectivity index (χ1n) is 9.80. The molecule has 0 unspecified atom stereocenters. The molecule has 2 aromatic rings. The van der Waals surface area contributed by atoms with E-state index in [0.29, 0.717) is 22.9 Å². The summed E-state index contributed by atoms with van der Waals surface area (Å²) in [6, 6.07) is 6.38. The number of amides is 2. The van der Waals surface area contributed by atoms with Crippen LogP contribution in [0.3, 0.4) is 0 Å². The third kappa shape index (κ3) is 4.78. The Hall–Kier alpha value is -2.99. The van der Waals surface area contributed by atoms with E-state index < -0.39 is 38.5 Å². The Labute approximate surface area is 197 Å². The number of hydrogen-bond donors (Lipinski definition) is 1. The summed E-state index contributed by atoms with van der Waals surface area (Å²) in [4.78, 5) is 23.3. The maximum atomic E-state index is 13.2. The molecule has 0 spiro atoms. The number of fused-ring (bicyclic) bond motifs is 1. The number of imide groups is 1. The quantitative estimate of drug-likeness (QED) is 0.595. The van der Waals surface area contributed by atoms with Crippen molar-refractivity contribution < 1.29 is 40.7 Å². The first-order valence-corrected chi connectivity index (χ1v) is 12.5. The van der Waals surface area contributed by atoms with Gasteiger partial charge in [0.1, 0.15) is 11.5 Å². The molecule has 12 heteroatoms. The van der Waals surface area contributed by atoms with Crippen LogP contribution in [0.15, 0.2) is 40.1 Å². The number of ether oxygens (including phenoxy) is 2. The smallest absolute Gasteiger partial charge is 0.492 e. The van der Waals surface area contributed by atoms with Crippen molar-refractivity contribution in [1.29, 1.82) is 0 Å². The molecule has 0 aromatic heterocycles. The lowest BCUT2D eigenvalue weighted by molar-refractivity contribution is -0.274. The maximum Gasteiger partial charge on any atom is 0.573 e. The van der Waals surface area contributed by atoms with Crippen LogP contribution in [0.25, 0.3) is 17.2 Å². The Balaban J connectivity index is 1.97. The molecular formula is C22H18F3NO6S2. The molecule has 7 nitrogen and oxygen atoms in total. The van der Waals surface area contributed by atoms with Crippen LogP contribution in [0, 0.1) is 0 Å². The van der Waals surface area contributed by atoms with Crippen LogP contribution < -0.4 is 14.8 Å². The van der Waals surface area contributed by atoms with Gasteiger partial charge in [-0.05, 0) is 47.7 Å². The van der Waals surface area contributed by atoms with Crippen LogP contribution in [-0.4, -0.2) is 38.8 Å². The summed E-state index contributed by atoms with van der Waals surface area (Å²) in [5.74, 6) is -0.954. The Kier molecular flexibility index (Phi) is 5.72. The highest BCUT2D eigenvalue weighted by atomic mass is 32.2. The summed E-state index contributed by atoms with van der Waals surface area (Å²) in [7, 11) is -3.72. The third-order valence-corrected chi connectivity index (χ3v) is 7.16. The molecule has 1 saturated heterocycles. The Morgan fingerprint density at radius 3 is 2.44 bits per heavy atom. The second kappa shape index (κ2) is 8.05. The van der Waals surface area contributed by atoms with Crippen LogP contribution in [-0.2, 0) is 20.0 Å². The van der Waals surface area contributed by atoms with Gasteiger partial charge in [0.25, 0.3) is 11.1 Å². The lowest BCUT2D eigenvalue weighted by atomic mass is 9.85. The summed E-state index contributed by atoms with van der Waals surface area (Å²) in [5.41, 5.74) is 0.258. The van der Waals surface area contributed by atoms with Crippen LogP contribution >= 0.6 is 11.8 Å².